The van der Waals surface area contributed by atoms with Gasteiger partial charge in [0.1, 0.15) is 4.88 Å². The van der Waals surface area contributed by atoms with Crippen LogP contribution in [0, 0.1) is 6.92 Å². The van der Waals surface area contributed by atoms with Crippen molar-refractivity contribution >= 4 is 50.9 Å². The Morgan fingerprint density at radius 2 is 2.03 bits per heavy atom. The highest BCUT2D eigenvalue weighted by molar-refractivity contribution is 7.99. The molecule has 0 spiro atoms. The van der Waals surface area contributed by atoms with Crippen molar-refractivity contribution in [3.63, 3.8) is 0 Å². The number of rotatable bonds is 8. The van der Waals surface area contributed by atoms with E-state index in [-0.39, 0.29) is 23.2 Å². The number of benzene rings is 1. The van der Waals surface area contributed by atoms with Gasteiger partial charge in [-0.2, -0.15) is 0 Å². The average Bonchev–Trinajstić information content (AvgIpc) is 3.09. The van der Waals surface area contributed by atoms with Crippen LogP contribution < -0.4 is 10.9 Å². The number of carbonyl (C=O) groups is 2. The molecule has 7 nitrogen and oxygen atoms in total. The molecule has 0 unspecified atom stereocenters. The summed E-state index contributed by atoms with van der Waals surface area (Å²) in [6, 6.07) is 8.96. The summed E-state index contributed by atoms with van der Waals surface area (Å²) in [5.41, 5.74) is 1.28. The van der Waals surface area contributed by atoms with Crippen LogP contribution in [0.15, 0.2) is 40.3 Å². The van der Waals surface area contributed by atoms with Crippen molar-refractivity contribution in [3.8, 4) is 0 Å². The fourth-order valence-electron chi connectivity index (χ4n) is 2.93. The number of nitrogens with one attached hydrogen (secondary N) is 1. The fraction of sp³-hybridized carbons (Fsp3) is 0.333. The fourth-order valence-corrected chi connectivity index (χ4v) is 4.73. The molecule has 3 aromatic rings. The maximum absolute atomic E-state index is 12.8. The largest absolute Gasteiger partial charge is 0.462 e. The minimum Gasteiger partial charge on any atom is -0.462 e. The number of thiophene rings is 1. The van der Waals surface area contributed by atoms with Crippen LogP contribution >= 0.6 is 23.1 Å². The number of hydrogen-bond acceptors (Lipinski definition) is 7. The van der Waals surface area contributed by atoms with Gasteiger partial charge in [-0.15, -0.1) is 11.3 Å². The van der Waals surface area contributed by atoms with Gasteiger partial charge >= 0.3 is 5.97 Å². The number of nitrogens with zero attached hydrogens (tertiary/aromatic N) is 2. The van der Waals surface area contributed by atoms with Crippen molar-refractivity contribution in [2.24, 2.45) is 0 Å². The number of ether oxygens (including phenoxy) is 1. The minimum atomic E-state index is -0.390. The van der Waals surface area contributed by atoms with E-state index < -0.39 is 0 Å². The molecular formula is C21H23N3O4S2. The highest BCUT2D eigenvalue weighted by Crippen LogP contribution is 2.28. The normalized spacial score (nSPS) is 10.9. The third-order valence-electron chi connectivity index (χ3n) is 4.25. The molecule has 0 radical (unpaired) electrons. The molecule has 2 aromatic heterocycles. The van der Waals surface area contributed by atoms with Crippen LogP contribution in [0.5, 0.6) is 0 Å². The van der Waals surface area contributed by atoms with Crippen LogP contribution in [0.3, 0.4) is 0 Å². The first-order valence-electron chi connectivity index (χ1n) is 9.64. The quantitative estimate of drug-likeness (QED) is 0.319. The number of hydrogen-bond donors (Lipinski definition) is 1. The van der Waals surface area contributed by atoms with E-state index in [1.165, 1.54) is 23.1 Å². The summed E-state index contributed by atoms with van der Waals surface area (Å²) in [7, 11) is 0. The molecule has 1 aromatic carbocycles. The van der Waals surface area contributed by atoms with Gasteiger partial charge in [-0.3, -0.25) is 14.2 Å². The van der Waals surface area contributed by atoms with E-state index in [0.717, 1.165) is 12.0 Å². The van der Waals surface area contributed by atoms with E-state index in [1.54, 1.807) is 36.6 Å². The van der Waals surface area contributed by atoms with Gasteiger partial charge < -0.3 is 10.1 Å². The molecule has 3 rings (SSSR count). The first kappa shape index (κ1) is 22.0. The highest BCUT2D eigenvalue weighted by Gasteiger charge is 2.17. The standard InChI is InChI=1S/C21H23N3O4S2/c1-4-10-24-19(26)14-8-6-7-9-15(14)22-21(24)29-12-16(25)23-17-11-13(3)18(30-17)20(27)28-5-2/h6-9,11H,4-5,10,12H2,1-3H3,(H,23,25). The zero-order valence-corrected chi connectivity index (χ0v) is 18.7. The average molecular weight is 446 g/mol. The topological polar surface area (TPSA) is 90.3 Å². The molecule has 2 heterocycles. The van der Waals surface area contributed by atoms with Crippen molar-refractivity contribution in [1.29, 1.82) is 0 Å². The Bertz CT molecular complexity index is 1140. The number of carbonyl (C=O) groups excluding carboxylic acids is 2. The summed E-state index contributed by atoms with van der Waals surface area (Å²) in [6.07, 6.45) is 0.783. The zero-order valence-electron chi connectivity index (χ0n) is 17.1. The van der Waals surface area contributed by atoms with E-state index in [4.69, 9.17) is 4.74 Å². The van der Waals surface area contributed by atoms with Gasteiger partial charge in [0, 0.05) is 6.54 Å². The van der Waals surface area contributed by atoms with Crippen molar-refractivity contribution in [2.45, 2.75) is 38.9 Å². The molecule has 30 heavy (non-hydrogen) atoms. The van der Waals surface area contributed by atoms with E-state index in [1.807, 2.05) is 19.1 Å². The molecule has 0 fully saturated rings. The number of aromatic nitrogens is 2. The smallest absolute Gasteiger partial charge is 0.348 e. The van der Waals surface area contributed by atoms with E-state index in [9.17, 15) is 14.4 Å². The second-order valence-corrected chi connectivity index (χ2v) is 8.54. The first-order chi connectivity index (χ1) is 14.4. The molecule has 0 saturated heterocycles. The van der Waals surface area contributed by atoms with Crippen molar-refractivity contribution in [1.82, 2.24) is 9.55 Å². The highest BCUT2D eigenvalue weighted by atomic mass is 32.2. The van der Waals surface area contributed by atoms with Crippen molar-refractivity contribution in [2.75, 3.05) is 17.7 Å². The Kier molecular flexibility index (Phi) is 7.28. The molecule has 158 valence electrons. The Hall–Kier alpha value is -2.65. The van der Waals surface area contributed by atoms with Gasteiger partial charge in [-0.05, 0) is 44.0 Å². The number of fused-ring (bicyclic) bond motifs is 1. The van der Waals surface area contributed by atoms with Gasteiger partial charge in [0.15, 0.2) is 5.16 Å². The van der Waals surface area contributed by atoms with Gasteiger partial charge in [-0.1, -0.05) is 30.8 Å². The molecular weight excluding hydrogens is 422 g/mol. The number of esters is 1. The molecule has 0 atom stereocenters. The molecule has 0 saturated carbocycles. The number of aryl methyl sites for hydroxylation is 1. The number of thioether (sulfide) groups is 1. The van der Waals surface area contributed by atoms with Crippen LogP contribution in [0.1, 0.15) is 35.5 Å². The summed E-state index contributed by atoms with van der Waals surface area (Å²) in [5.74, 6) is -0.527. The van der Waals surface area contributed by atoms with Crippen molar-refractivity contribution < 1.29 is 14.3 Å². The SMILES string of the molecule is CCCn1c(SCC(=O)Nc2cc(C)c(C(=O)OCC)s2)nc2ccccc2c1=O. The summed E-state index contributed by atoms with van der Waals surface area (Å²) in [5, 5.41) is 4.48. The Labute approximate surface area is 182 Å². The Morgan fingerprint density at radius 3 is 2.77 bits per heavy atom. The molecule has 0 aliphatic heterocycles. The minimum absolute atomic E-state index is 0.0974. The maximum Gasteiger partial charge on any atom is 0.348 e. The first-order valence-corrected chi connectivity index (χ1v) is 11.4. The van der Waals surface area contributed by atoms with Crippen LogP contribution in [0.25, 0.3) is 10.9 Å². The van der Waals surface area contributed by atoms with Crippen LogP contribution in [0.2, 0.25) is 0 Å². The van der Waals surface area contributed by atoms with Crippen molar-refractivity contribution in [3.05, 3.63) is 51.1 Å². The monoisotopic (exact) mass is 445 g/mol. The van der Waals surface area contributed by atoms with Crippen LogP contribution in [-0.4, -0.2) is 33.8 Å². The van der Waals surface area contributed by atoms with Crippen LogP contribution in [-0.2, 0) is 16.1 Å². The third kappa shape index (κ3) is 4.91. The predicted octanol–water partition coefficient (Wildman–Crippen LogP) is 4.08. The van der Waals surface area contributed by atoms with E-state index >= 15 is 0 Å². The third-order valence-corrected chi connectivity index (χ3v) is 6.36. The van der Waals surface area contributed by atoms with Gasteiger partial charge in [-0.25, -0.2) is 9.78 Å². The van der Waals surface area contributed by atoms with Gasteiger partial charge in [0.05, 0.1) is 28.3 Å². The lowest BCUT2D eigenvalue weighted by atomic mass is 10.2. The maximum atomic E-state index is 12.8. The lowest BCUT2D eigenvalue weighted by Gasteiger charge is -2.12. The second-order valence-electron chi connectivity index (χ2n) is 6.55. The van der Waals surface area contributed by atoms with E-state index in [0.29, 0.717) is 39.1 Å². The number of para-hydroxylation sites is 1. The summed E-state index contributed by atoms with van der Waals surface area (Å²) in [4.78, 5) is 42.3. The Balaban J connectivity index is 1.74. The van der Waals surface area contributed by atoms with Gasteiger partial charge in [0.2, 0.25) is 5.91 Å². The predicted molar refractivity (Wildman–Crippen MR) is 121 cm³/mol. The number of anilines is 1. The molecule has 0 aliphatic carbocycles. The summed E-state index contributed by atoms with van der Waals surface area (Å²) >= 11 is 2.41. The second kappa shape index (κ2) is 9.90. The van der Waals surface area contributed by atoms with Crippen LogP contribution in [0.4, 0.5) is 5.00 Å². The lowest BCUT2D eigenvalue weighted by Crippen LogP contribution is -2.24. The molecule has 9 heteroatoms. The molecule has 1 N–H and O–H groups in total. The zero-order chi connectivity index (χ0) is 21.7. The lowest BCUT2D eigenvalue weighted by molar-refractivity contribution is -0.113. The molecule has 0 aliphatic rings. The summed E-state index contributed by atoms with van der Waals surface area (Å²) < 4.78 is 6.65. The number of amides is 1. The summed E-state index contributed by atoms with van der Waals surface area (Å²) in [6.45, 7) is 6.37. The molecule has 1 amide bonds. The molecule has 0 bridgehead atoms. The van der Waals surface area contributed by atoms with E-state index in [2.05, 4.69) is 10.3 Å². The van der Waals surface area contributed by atoms with Gasteiger partial charge in [0.25, 0.3) is 5.56 Å². The Morgan fingerprint density at radius 1 is 1.27 bits per heavy atom.